The molecule has 0 aliphatic heterocycles. The number of carbonyl (C=O) groups is 1. The minimum atomic E-state index is -0.337. The van der Waals surface area contributed by atoms with E-state index in [4.69, 9.17) is 0 Å². The van der Waals surface area contributed by atoms with Crippen molar-refractivity contribution in [1.82, 2.24) is 4.98 Å². The number of rotatable bonds is 1. The van der Waals surface area contributed by atoms with Crippen LogP contribution in [0, 0.1) is 11.8 Å². The number of anilines is 1. The van der Waals surface area contributed by atoms with Crippen molar-refractivity contribution in [3.63, 3.8) is 0 Å². The molecule has 0 radical (unpaired) electrons. The zero-order chi connectivity index (χ0) is 9.68. The molecule has 0 aromatic carbocycles. The Hall–Kier alpha value is -1.34. The molecule has 0 spiro atoms. The molecule has 0 aliphatic carbocycles. The van der Waals surface area contributed by atoms with Gasteiger partial charge in [-0.15, -0.1) is 0 Å². The molecule has 1 heterocycles. The van der Waals surface area contributed by atoms with E-state index in [1.54, 1.807) is 25.3 Å². The van der Waals surface area contributed by atoms with Crippen LogP contribution in [0.25, 0.3) is 0 Å². The first kappa shape index (κ1) is 9.75. The van der Waals surface area contributed by atoms with Crippen LogP contribution in [0.2, 0.25) is 0 Å². The third-order valence-corrected chi connectivity index (χ3v) is 1.88. The summed E-state index contributed by atoms with van der Waals surface area (Å²) in [5.74, 6) is 4.55. The van der Waals surface area contributed by atoms with Crippen molar-refractivity contribution in [2.75, 3.05) is 5.32 Å². The van der Waals surface area contributed by atoms with Crippen molar-refractivity contribution in [1.29, 1.82) is 0 Å². The van der Waals surface area contributed by atoms with Crippen LogP contribution >= 0.6 is 15.9 Å². The number of amides is 1. The normalized spacial score (nSPS) is 8.46. The minimum absolute atomic E-state index is 0.337. The number of nitrogens with zero attached hydrogens (tertiary/aromatic N) is 1. The fourth-order valence-corrected chi connectivity index (χ4v) is 1.10. The number of carbonyl (C=O) groups excluding carboxylic acids is 1. The predicted octanol–water partition coefficient (Wildman–Crippen LogP) is 1.81. The number of pyridine rings is 1. The van der Waals surface area contributed by atoms with Gasteiger partial charge in [-0.05, 0) is 40.9 Å². The minimum Gasteiger partial charge on any atom is -0.313 e. The summed E-state index contributed by atoms with van der Waals surface area (Å²) in [6.45, 7) is 1.61. The maximum atomic E-state index is 11.0. The molecular weight excluding hydrogens is 232 g/mol. The Morgan fingerprint density at radius 1 is 1.69 bits per heavy atom. The average molecular weight is 239 g/mol. The molecule has 0 atom stereocenters. The van der Waals surface area contributed by atoms with Gasteiger partial charge >= 0.3 is 0 Å². The van der Waals surface area contributed by atoms with Gasteiger partial charge in [0, 0.05) is 6.20 Å². The van der Waals surface area contributed by atoms with Crippen LogP contribution in [0.4, 0.5) is 5.69 Å². The van der Waals surface area contributed by atoms with E-state index in [2.05, 4.69) is 38.1 Å². The second-order valence-electron chi connectivity index (χ2n) is 2.17. The topological polar surface area (TPSA) is 42.0 Å². The Bertz CT molecular complexity index is 379. The van der Waals surface area contributed by atoms with Crippen LogP contribution in [0.15, 0.2) is 22.9 Å². The number of aromatic nitrogens is 1. The summed E-state index contributed by atoms with van der Waals surface area (Å²) in [5.41, 5.74) is 0.621. The fraction of sp³-hybridized carbons (Fsp3) is 0.111. The highest BCUT2D eigenvalue weighted by atomic mass is 79.9. The van der Waals surface area contributed by atoms with E-state index >= 15 is 0 Å². The first-order valence-electron chi connectivity index (χ1n) is 3.58. The second-order valence-corrected chi connectivity index (χ2v) is 2.92. The Kier molecular flexibility index (Phi) is 3.47. The highest BCUT2D eigenvalue weighted by molar-refractivity contribution is 9.10. The molecule has 1 aromatic rings. The third-order valence-electron chi connectivity index (χ3n) is 1.25. The summed E-state index contributed by atoms with van der Waals surface area (Å²) in [6, 6.07) is 3.48. The van der Waals surface area contributed by atoms with Crippen LogP contribution in [0.1, 0.15) is 6.92 Å². The number of hydrogen-bond donors (Lipinski definition) is 1. The molecule has 0 saturated heterocycles. The van der Waals surface area contributed by atoms with Crippen molar-refractivity contribution in [3.05, 3.63) is 22.9 Å². The van der Waals surface area contributed by atoms with Gasteiger partial charge in [0.15, 0.2) is 0 Å². The first-order chi connectivity index (χ1) is 6.24. The third kappa shape index (κ3) is 2.88. The summed E-state index contributed by atoms with van der Waals surface area (Å²) < 4.78 is 0.598. The maximum Gasteiger partial charge on any atom is 0.300 e. The highest BCUT2D eigenvalue weighted by Crippen LogP contribution is 2.17. The van der Waals surface area contributed by atoms with Crippen LogP contribution in [0.5, 0.6) is 0 Å². The van der Waals surface area contributed by atoms with Gasteiger partial charge in [0.2, 0.25) is 0 Å². The van der Waals surface area contributed by atoms with Crippen LogP contribution < -0.4 is 5.32 Å². The molecule has 1 N–H and O–H groups in total. The quantitative estimate of drug-likeness (QED) is 0.599. The molecule has 0 saturated carbocycles. The Morgan fingerprint density at radius 3 is 3.08 bits per heavy atom. The maximum absolute atomic E-state index is 11.0. The molecule has 1 aromatic heterocycles. The van der Waals surface area contributed by atoms with Gasteiger partial charge in [0.1, 0.15) is 4.60 Å². The van der Waals surface area contributed by atoms with Crippen molar-refractivity contribution in [3.8, 4) is 11.8 Å². The molecule has 0 fully saturated rings. The van der Waals surface area contributed by atoms with Crippen molar-refractivity contribution in [2.24, 2.45) is 0 Å². The summed E-state index contributed by atoms with van der Waals surface area (Å²) >= 11 is 3.20. The van der Waals surface area contributed by atoms with E-state index < -0.39 is 0 Å². The Morgan fingerprint density at radius 2 is 2.46 bits per heavy atom. The van der Waals surface area contributed by atoms with Gasteiger partial charge in [-0.2, -0.15) is 0 Å². The lowest BCUT2D eigenvalue weighted by atomic mass is 10.4. The van der Waals surface area contributed by atoms with Gasteiger partial charge in [0.25, 0.3) is 5.91 Å². The lowest BCUT2D eigenvalue weighted by molar-refractivity contribution is -0.111. The molecule has 1 rings (SSSR count). The SMILES string of the molecule is CC#CC(=O)Nc1cccnc1Br. The molecule has 4 heteroatoms. The van der Waals surface area contributed by atoms with E-state index in [0.29, 0.717) is 10.3 Å². The van der Waals surface area contributed by atoms with Gasteiger partial charge in [0.05, 0.1) is 5.69 Å². The fourth-order valence-electron chi connectivity index (χ4n) is 0.746. The number of hydrogen-bond acceptors (Lipinski definition) is 2. The summed E-state index contributed by atoms with van der Waals surface area (Å²) in [6.07, 6.45) is 1.63. The molecule has 1 amide bonds. The molecule has 13 heavy (non-hydrogen) atoms. The smallest absolute Gasteiger partial charge is 0.300 e. The lowest BCUT2D eigenvalue weighted by Gasteiger charge is -2.01. The lowest BCUT2D eigenvalue weighted by Crippen LogP contribution is -2.09. The average Bonchev–Trinajstić information content (AvgIpc) is 2.09. The van der Waals surface area contributed by atoms with E-state index in [1.165, 1.54) is 0 Å². The molecule has 0 unspecified atom stereocenters. The van der Waals surface area contributed by atoms with Crippen LogP contribution in [0.3, 0.4) is 0 Å². The number of nitrogens with one attached hydrogen (secondary N) is 1. The van der Waals surface area contributed by atoms with Crippen molar-refractivity contribution < 1.29 is 4.79 Å². The zero-order valence-corrected chi connectivity index (χ0v) is 8.55. The predicted molar refractivity (Wildman–Crippen MR) is 54.0 cm³/mol. The Labute approximate surface area is 84.7 Å². The monoisotopic (exact) mass is 238 g/mol. The summed E-state index contributed by atoms with van der Waals surface area (Å²) in [5, 5.41) is 2.59. The molecule has 3 nitrogen and oxygen atoms in total. The van der Waals surface area contributed by atoms with E-state index in [0.717, 1.165) is 0 Å². The summed E-state index contributed by atoms with van der Waals surface area (Å²) in [7, 11) is 0. The second kappa shape index (κ2) is 4.63. The Balaban J connectivity index is 2.78. The van der Waals surface area contributed by atoms with E-state index in [-0.39, 0.29) is 5.91 Å². The highest BCUT2D eigenvalue weighted by Gasteiger charge is 2.01. The standard InChI is InChI=1S/C9H7BrN2O/c1-2-4-8(13)12-7-5-3-6-11-9(7)10/h3,5-6H,1H3,(H,12,13). The first-order valence-corrected chi connectivity index (χ1v) is 4.37. The van der Waals surface area contributed by atoms with Gasteiger partial charge in [-0.3, -0.25) is 4.79 Å². The van der Waals surface area contributed by atoms with Crippen LogP contribution in [-0.4, -0.2) is 10.9 Å². The van der Waals surface area contributed by atoms with E-state index in [9.17, 15) is 4.79 Å². The van der Waals surface area contributed by atoms with Crippen LogP contribution in [-0.2, 0) is 4.79 Å². The molecule has 0 bridgehead atoms. The van der Waals surface area contributed by atoms with Crippen molar-refractivity contribution in [2.45, 2.75) is 6.92 Å². The number of halogens is 1. The molecular formula is C9H7BrN2O. The van der Waals surface area contributed by atoms with E-state index in [1.807, 2.05) is 0 Å². The van der Waals surface area contributed by atoms with Crippen molar-refractivity contribution >= 4 is 27.5 Å². The molecule has 0 aliphatic rings. The zero-order valence-electron chi connectivity index (χ0n) is 6.97. The largest absolute Gasteiger partial charge is 0.313 e. The summed E-state index contributed by atoms with van der Waals surface area (Å²) in [4.78, 5) is 15.0. The molecule has 66 valence electrons. The van der Waals surface area contributed by atoms with Gasteiger partial charge in [-0.25, -0.2) is 4.98 Å². The van der Waals surface area contributed by atoms with Gasteiger partial charge in [-0.1, -0.05) is 5.92 Å². The van der Waals surface area contributed by atoms with Gasteiger partial charge < -0.3 is 5.32 Å².